The Morgan fingerprint density at radius 3 is 2.60 bits per heavy atom. The van der Waals surface area contributed by atoms with E-state index in [1.165, 1.54) is 24.8 Å². The average Bonchev–Trinajstić information content (AvgIpc) is 2.57. The molecule has 25 heavy (non-hydrogen) atoms. The zero-order valence-electron chi connectivity index (χ0n) is 13.5. The molecule has 1 aromatic carbocycles. The van der Waals surface area contributed by atoms with Gasteiger partial charge >= 0.3 is 0 Å². The third-order valence-electron chi connectivity index (χ3n) is 4.32. The fourth-order valence-corrected chi connectivity index (χ4v) is 2.71. The summed E-state index contributed by atoms with van der Waals surface area (Å²) < 4.78 is 27.7. The van der Waals surface area contributed by atoms with Gasteiger partial charge in [0.2, 0.25) is 0 Å². The molecule has 0 spiro atoms. The number of carbonyl (C=O) groups excluding carboxylic acids is 1. The lowest BCUT2D eigenvalue weighted by Gasteiger charge is -2.27. The first-order chi connectivity index (χ1) is 12.1. The van der Waals surface area contributed by atoms with E-state index in [1.807, 2.05) is 0 Å². The highest BCUT2D eigenvalue weighted by molar-refractivity contribution is 5.95. The molecule has 0 radical (unpaired) electrons. The number of anilines is 1. The first kappa shape index (κ1) is 17.3. The van der Waals surface area contributed by atoms with Crippen LogP contribution in [0.3, 0.4) is 0 Å². The van der Waals surface area contributed by atoms with E-state index < -0.39 is 30.2 Å². The SMILES string of the molecule is O=C(NC(CO)c1c(F)cccc1F)c1ccnc(NC2CCC2)c1. The maximum absolute atomic E-state index is 13.9. The van der Waals surface area contributed by atoms with Gasteiger partial charge in [-0.15, -0.1) is 0 Å². The van der Waals surface area contributed by atoms with Crippen LogP contribution in [0.4, 0.5) is 14.6 Å². The smallest absolute Gasteiger partial charge is 0.252 e. The Kier molecular flexibility index (Phi) is 5.23. The summed E-state index contributed by atoms with van der Waals surface area (Å²) in [5.41, 5.74) is -0.0627. The summed E-state index contributed by atoms with van der Waals surface area (Å²) in [6, 6.07) is 5.67. The van der Waals surface area contributed by atoms with Gasteiger partial charge < -0.3 is 15.7 Å². The number of hydrogen-bond acceptors (Lipinski definition) is 4. The molecule has 1 amide bonds. The van der Waals surface area contributed by atoms with Crippen LogP contribution in [0.15, 0.2) is 36.5 Å². The van der Waals surface area contributed by atoms with Gasteiger partial charge in [-0.3, -0.25) is 4.79 Å². The van der Waals surface area contributed by atoms with E-state index >= 15 is 0 Å². The summed E-state index contributed by atoms with van der Waals surface area (Å²) in [6.45, 7) is -0.623. The summed E-state index contributed by atoms with van der Waals surface area (Å²) in [4.78, 5) is 16.6. The molecule has 3 N–H and O–H groups in total. The lowest BCUT2D eigenvalue weighted by molar-refractivity contribution is 0.0913. The molecule has 1 atom stereocenters. The lowest BCUT2D eigenvalue weighted by atomic mass is 9.93. The number of aliphatic hydroxyl groups excluding tert-OH is 1. The summed E-state index contributed by atoms with van der Waals surface area (Å²) in [7, 11) is 0. The first-order valence-electron chi connectivity index (χ1n) is 8.16. The number of pyridine rings is 1. The minimum atomic E-state index is -1.18. The maximum atomic E-state index is 13.9. The molecule has 2 aromatic rings. The predicted molar refractivity (Wildman–Crippen MR) is 89.1 cm³/mol. The Hall–Kier alpha value is -2.54. The quantitative estimate of drug-likeness (QED) is 0.751. The van der Waals surface area contributed by atoms with Crippen LogP contribution in [0, 0.1) is 11.6 Å². The number of hydrogen-bond donors (Lipinski definition) is 3. The van der Waals surface area contributed by atoms with Gasteiger partial charge in [0.15, 0.2) is 0 Å². The van der Waals surface area contributed by atoms with Gasteiger partial charge in [0.05, 0.1) is 12.6 Å². The molecule has 0 aliphatic heterocycles. The van der Waals surface area contributed by atoms with Crippen LogP contribution >= 0.6 is 0 Å². The van der Waals surface area contributed by atoms with Gasteiger partial charge in [-0.1, -0.05) is 6.07 Å². The van der Waals surface area contributed by atoms with E-state index in [-0.39, 0.29) is 5.56 Å². The van der Waals surface area contributed by atoms with E-state index in [2.05, 4.69) is 15.6 Å². The largest absolute Gasteiger partial charge is 0.394 e. The van der Waals surface area contributed by atoms with E-state index in [4.69, 9.17) is 0 Å². The van der Waals surface area contributed by atoms with Gasteiger partial charge in [-0.25, -0.2) is 13.8 Å². The molecule has 132 valence electrons. The summed E-state index contributed by atoms with van der Waals surface area (Å²) in [5.74, 6) is -1.60. The zero-order valence-corrected chi connectivity index (χ0v) is 13.5. The molecule has 1 heterocycles. The zero-order chi connectivity index (χ0) is 17.8. The van der Waals surface area contributed by atoms with Crippen molar-refractivity contribution in [3.63, 3.8) is 0 Å². The highest BCUT2D eigenvalue weighted by atomic mass is 19.1. The molecule has 5 nitrogen and oxygen atoms in total. The van der Waals surface area contributed by atoms with Crippen molar-refractivity contribution in [1.29, 1.82) is 0 Å². The predicted octanol–water partition coefficient (Wildman–Crippen LogP) is 2.79. The van der Waals surface area contributed by atoms with Crippen molar-refractivity contribution in [2.45, 2.75) is 31.3 Å². The maximum Gasteiger partial charge on any atom is 0.252 e. The Morgan fingerprint density at radius 1 is 1.28 bits per heavy atom. The Morgan fingerprint density at radius 2 is 2.00 bits per heavy atom. The summed E-state index contributed by atoms with van der Waals surface area (Å²) >= 11 is 0. The second kappa shape index (κ2) is 7.57. The Labute approximate surface area is 144 Å². The van der Waals surface area contributed by atoms with Crippen LogP contribution < -0.4 is 10.6 Å². The molecule has 1 aliphatic carbocycles. The fraction of sp³-hybridized carbons (Fsp3) is 0.333. The van der Waals surface area contributed by atoms with Gasteiger partial charge in [0.25, 0.3) is 5.91 Å². The number of nitrogens with zero attached hydrogens (tertiary/aromatic N) is 1. The van der Waals surface area contributed by atoms with E-state index in [1.54, 1.807) is 6.07 Å². The lowest BCUT2D eigenvalue weighted by Crippen LogP contribution is -2.32. The summed E-state index contributed by atoms with van der Waals surface area (Å²) in [5, 5.41) is 15.2. The Bertz CT molecular complexity index is 745. The first-order valence-corrected chi connectivity index (χ1v) is 8.16. The van der Waals surface area contributed by atoms with Crippen LogP contribution in [-0.2, 0) is 0 Å². The van der Waals surface area contributed by atoms with Gasteiger partial charge in [-0.2, -0.15) is 0 Å². The number of amides is 1. The van der Waals surface area contributed by atoms with E-state index in [9.17, 15) is 18.7 Å². The van der Waals surface area contributed by atoms with Crippen molar-refractivity contribution in [2.75, 3.05) is 11.9 Å². The van der Waals surface area contributed by atoms with Gasteiger partial charge in [-0.05, 0) is 43.5 Å². The molecular formula is C18H19F2N3O2. The van der Waals surface area contributed by atoms with Crippen LogP contribution in [0.1, 0.15) is 41.2 Å². The number of rotatable bonds is 6. The third kappa shape index (κ3) is 3.93. The molecule has 1 fully saturated rings. The molecule has 0 saturated heterocycles. The molecular weight excluding hydrogens is 328 g/mol. The molecule has 1 saturated carbocycles. The van der Waals surface area contributed by atoms with E-state index in [0.717, 1.165) is 25.0 Å². The average molecular weight is 347 g/mol. The molecule has 7 heteroatoms. The normalized spacial score (nSPS) is 15.3. The second-order valence-electron chi connectivity index (χ2n) is 6.05. The minimum Gasteiger partial charge on any atom is -0.394 e. The number of carbonyl (C=O) groups is 1. The van der Waals surface area contributed by atoms with Crippen molar-refractivity contribution in [2.24, 2.45) is 0 Å². The summed E-state index contributed by atoms with van der Waals surface area (Å²) in [6.07, 6.45) is 4.80. The van der Waals surface area contributed by atoms with Crippen LogP contribution in [0.25, 0.3) is 0 Å². The molecule has 1 aromatic heterocycles. The van der Waals surface area contributed by atoms with Gasteiger partial charge in [0, 0.05) is 23.4 Å². The minimum absolute atomic E-state index is 0.298. The number of aliphatic hydroxyl groups is 1. The Balaban J connectivity index is 1.75. The van der Waals surface area contributed by atoms with Gasteiger partial charge in [0.1, 0.15) is 17.5 Å². The highest BCUT2D eigenvalue weighted by Crippen LogP contribution is 2.23. The second-order valence-corrected chi connectivity index (χ2v) is 6.05. The van der Waals surface area contributed by atoms with Crippen LogP contribution in [0.5, 0.6) is 0 Å². The molecule has 3 rings (SSSR count). The number of nitrogens with one attached hydrogen (secondary N) is 2. The fourth-order valence-electron chi connectivity index (χ4n) is 2.71. The third-order valence-corrected chi connectivity index (χ3v) is 4.32. The number of aromatic nitrogens is 1. The topological polar surface area (TPSA) is 74.2 Å². The van der Waals surface area contributed by atoms with E-state index in [0.29, 0.717) is 17.4 Å². The van der Waals surface area contributed by atoms with Crippen molar-refractivity contribution < 1.29 is 18.7 Å². The molecule has 1 aliphatic rings. The molecule has 0 bridgehead atoms. The highest BCUT2D eigenvalue weighted by Gasteiger charge is 2.22. The van der Waals surface area contributed by atoms with Crippen molar-refractivity contribution in [1.82, 2.24) is 10.3 Å². The standard InChI is InChI=1S/C18H19F2N3O2/c19-13-5-2-6-14(20)17(13)15(10-24)23-18(25)11-7-8-21-16(9-11)22-12-3-1-4-12/h2,5-9,12,15,24H,1,3-4,10H2,(H,21,22)(H,23,25). The molecule has 1 unspecified atom stereocenters. The van der Waals surface area contributed by atoms with Crippen LogP contribution in [-0.4, -0.2) is 28.6 Å². The monoisotopic (exact) mass is 347 g/mol. The van der Waals surface area contributed by atoms with Crippen molar-refractivity contribution in [3.8, 4) is 0 Å². The van der Waals surface area contributed by atoms with Crippen molar-refractivity contribution >= 4 is 11.7 Å². The van der Waals surface area contributed by atoms with Crippen LogP contribution in [0.2, 0.25) is 0 Å². The number of benzene rings is 1. The number of halogens is 2. The van der Waals surface area contributed by atoms with Crippen molar-refractivity contribution in [3.05, 3.63) is 59.3 Å².